The van der Waals surface area contributed by atoms with E-state index < -0.39 is 18.4 Å². The van der Waals surface area contributed by atoms with Crippen molar-refractivity contribution in [3.05, 3.63) is 45.4 Å². The third-order valence-corrected chi connectivity index (χ3v) is 5.35. The number of aryl methyl sites for hydroxylation is 1. The van der Waals surface area contributed by atoms with E-state index in [1.165, 1.54) is 23.6 Å². The van der Waals surface area contributed by atoms with Gasteiger partial charge in [0.2, 0.25) is 5.78 Å². The Morgan fingerprint density at radius 1 is 1.21 bits per heavy atom. The lowest BCUT2D eigenvalue weighted by atomic mass is 10.2. The van der Waals surface area contributed by atoms with E-state index in [1.807, 2.05) is 13.0 Å². The number of Topliss-reactive ketones (excluding diaryl/α,β-unsaturated/α-hetero) is 1. The first-order valence-corrected chi connectivity index (χ1v) is 9.77. The number of esters is 1. The Morgan fingerprint density at radius 2 is 1.96 bits per heavy atom. The van der Waals surface area contributed by atoms with Crippen LogP contribution in [0.3, 0.4) is 0 Å². The van der Waals surface area contributed by atoms with E-state index in [4.69, 9.17) is 4.74 Å². The zero-order valence-corrected chi connectivity index (χ0v) is 16.3. The van der Waals surface area contributed by atoms with E-state index in [2.05, 4.69) is 10.3 Å². The summed E-state index contributed by atoms with van der Waals surface area (Å²) < 4.78 is 4.91. The van der Waals surface area contributed by atoms with Crippen LogP contribution in [0.15, 0.2) is 24.4 Å². The topological polar surface area (TPSA) is 109 Å². The summed E-state index contributed by atoms with van der Waals surface area (Å²) in [5.74, 6) is -1.64. The number of ether oxygens (including phenoxy) is 1. The lowest BCUT2D eigenvalue weighted by molar-refractivity contribution is -0.141. The fraction of sp³-hybridized carbons (Fsp3) is 0.368. The number of hydrogen-bond donors (Lipinski definition) is 2. The summed E-state index contributed by atoms with van der Waals surface area (Å²) in [5.41, 5.74) is 0.614. The van der Waals surface area contributed by atoms with Crippen molar-refractivity contribution in [2.45, 2.75) is 19.8 Å². The molecule has 2 amide bonds. The van der Waals surface area contributed by atoms with Crippen LogP contribution in [0.5, 0.6) is 0 Å². The first-order chi connectivity index (χ1) is 13.4. The van der Waals surface area contributed by atoms with Gasteiger partial charge in [0.15, 0.2) is 6.61 Å². The SMILES string of the molecule is Cc1ccc(C(=O)NCC(=O)OCC(=O)c2c[nH]c(C(=O)N3CCCC3)c2)s1. The molecule has 2 aromatic rings. The van der Waals surface area contributed by atoms with Gasteiger partial charge in [-0.1, -0.05) is 0 Å². The van der Waals surface area contributed by atoms with Crippen molar-refractivity contribution in [1.82, 2.24) is 15.2 Å². The van der Waals surface area contributed by atoms with Crippen LogP contribution in [-0.2, 0) is 9.53 Å². The van der Waals surface area contributed by atoms with Gasteiger partial charge in [-0.25, -0.2) is 0 Å². The second kappa shape index (κ2) is 8.83. The van der Waals surface area contributed by atoms with Crippen molar-refractivity contribution in [1.29, 1.82) is 0 Å². The van der Waals surface area contributed by atoms with Crippen molar-refractivity contribution >= 4 is 34.9 Å². The molecule has 0 aromatic carbocycles. The predicted molar refractivity (Wildman–Crippen MR) is 103 cm³/mol. The number of nitrogens with one attached hydrogen (secondary N) is 2. The lowest BCUT2D eigenvalue weighted by Gasteiger charge is -2.13. The summed E-state index contributed by atoms with van der Waals surface area (Å²) in [6.45, 7) is 2.54. The van der Waals surface area contributed by atoms with Crippen LogP contribution in [-0.4, -0.2) is 59.7 Å². The van der Waals surface area contributed by atoms with Gasteiger partial charge in [0, 0.05) is 29.7 Å². The Hall–Kier alpha value is -2.94. The molecule has 3 heterocycles. The quantitative estimate of drug-likeness (QED) is 0.541. The Bertz CT molecular complexity index is 895. The Morgan fingerprint density at radius 3 is 2.64 bits per heavy atom. The van der Waals surface area contributed by atoms with Gasteiger partial charge in [0.05, 0.1) is 4.88 Å². The van der Waals surface area contributed by atoms with Gasteiger partial charge in [0.25, 0.3) is 11.8 Å². The minimum Gasteiger partial charge on any atom is -0.456 e. The number of rotatable bonds is 7. The summed E-state index contributed by atoms with van der Waals surface area (Å²) in [5, 5.41) is 2.46. The molecular weight excluding hydrogens is 382 g/mol. The fourth-order valence-electron chi connectivity index (χ4n) is 2.85. The fourth-order valence-corrected chi connectivity index (χ4v) is 3.63. The average Bonchev–Trinajstić information content (AvgIpc) is 3.44. The van der Waals surface area contributed by atoms with Crippen LogP contribution < -0.4 is 5.32 Å². The van der Waals surface area contributed by atoms with Gasteiger partial charge in [-0.3, -0.25) is 19.2 Å². The van der Waals surface area contributed by atoms with Crippen molar-refractivity contribution in [2.75, 3.05) is 26.2 Å². The van der Waals surface area contributed by atoms with Crippen LogP contribution in [0.25, 0.3) is 0 Å². The Kier molecular flexibility index (Phi) is 6.25. The highest BCUT2D eigenvalue weighted by atomic mass is 32.1. The van der Waals surface area contributed by atoms with Crippen molar-refractivity contribution < 1.29 is 23.9 Å². The smallest absolute Gasteiger partial charge is 0.325 e. The van der Waals surface area contributed by atoms with E-state index in [1.54, 1.807) is 11.0 Å². The molecule has 9 heteroatoms. The highest BCUT2D eigenvalue weighted by molar-refractivity contribution is 7.13. The zero-order chi connectivity index (χ0) is 20.1. The third kappa shape index (κ3) is 4.86. The molecule has 0 spiro atoms. The molecule has 1 aliphatic heterocycles. The standard InChI is InChI=1S/C19H21N3O5S/c1-12-4-5-16(28-12)18(25)21-10-17(24)27-11-15(23)13-8-14(20-9-13)19(26)22-6-2-3-7-22/h4-5,8-9,20H,2-3,6-7,10-11H2,1H3,(H,21,25). The maximum Gasteiger partial charge on any atom is 0.325 e. The van der Waals surface area contributed by atoms with Crippen molar-refractivity contribution in [3.8, 4) is 0 Å². The van der Waals surface area contributed by atoms with Gasteiger partial charge in [-0.05, 0) is 38.0 Å². The summed E-state index contributed by atoms with van der Waals surface area (Å²) in [6.07, 6.45) is 3.40. The first-order valence-electron chi connectivity index (χ1n) is 8.95. The molecule has 1 fully saturated rings. The maximum absolute atomic E-state index is 12.3. The number of amides is 2. The van der Waals surface area contributed by atoms with Gasteiger partial charge in [-0.15, -0.1) is 11.3 Å². The van der Waals surface area contributed by atoms with Crippen LogP contribution in [0, 0.1) is 6.92 Å². The largest absolute Gasteiger partial charge is 0.456 e. The summed E-state index contributed by atoms with van der Waals surface area (Å²) in [7, 11) is 0. The third-order valence-electron chi connectivity index (χ3n) is 4.35. The zero-order valence-electron chi connectivity index (χ0n) is 15.4. The minimum absolute atomic E-state index is 0.139. The molecule has 0 bridgehead atoms. The molecule has 2 aromatic heterocycles. The number of aromatic nitrogens is 1. The molecule has 2 N–H and O–H groups in total. The van der Waals surface area contributed by atoms with Crippen LogP contribution in [0.4, 0.5) is 0 Å². The minimum atomic E-state index is -0.709. The molecule has 0 aliphatic carbocycles. The number of nitrogens with zero attached hydrogens (tertiary/aromatic N) is 1. The van der Waals surface area contributed by atoms with Gasteiger partial charge in [0.1, 0.15) is 12.2 Å². The number of ketones is 1. The van der Waals surface area contributed by atoms with E-state index >= 15 is 0 Å². The molecule has 8 nitrogen and oxygen atoms in total. The van der Waals surface area contributed by atoms with Crippen LogP contribution in [0.2, 0.25) is 0 Å². The van der Waals surface area contributed by atoms with Crippen molar-refractivity contribution in [2.24, 2.45) is 0 Å². The van der Waals surface area contributed by atoms with E-state index in [0.29, 0.717) is 10.6 Å². The van der Waals surface area contributed by atoms with Crippen LogP contribution >= 0.6 is 11.3 Å². The summed E-state index contributed by atoms with van der Waals surface area (Å²) in [4.78, 5) is 54.1. The Labute approximate surface area is 165 Å². The number of carbonyl (C=O) groups is 4. The number of thiophene rings is 1. The normalized spacial score (nSPS) is 13.4. The molecule has 148 valence electrons. The molecule has 1 saturated heterocycles. The van der Waals surface area contributed by atoms with Crippen molar-refractivity contribution in [3.63, 3.8) is 0 Å². The van der Waals surface area contributed by atoms with Gasteiger partial charge < -0.3 is 19.9 Å². The predicted octanol–water partition coefficient (Wildman–Crippen LogP) is 1.78. The van der Waals surface area contributed by atoms with Gasteiger partial charge in [-0.2, -0.15) is 0 Å². The monoisotopic (exact) mass is 403 g/mol. The molecule has 28 heavy (non-hydrogen) atoms. The summed E-state index contributed by atoms with van der Waals surface area (Å²) in [6, 6.07) is 4.96. The van der Waals surface area contributed by atoms with Gasteiger partial charge >= 0.3 is 5.97 Å². The second-order valence-corrected chi connectivity index (χ2v) is 7.77. The molecule has 0 saturated carbocycles. The molecular formula is C19H21N3O5S. The van der Waals surface area contributed by atoms with Crippen LogP contribution in [0.1, 0.15) is 48.2 Å². The molecule has 0 atom stereocenters. The number of likely N-dealkylation sites (tertiary alicyclic amines) is 1. The number of carbonyl (C=O) groups excluding carboxylic acids is 4. The average molecular weight is 403 g/mol. The lowest BCUT2D eigenvalue weighted by Crippen LogP contribution is -2.31. The molecule has 0 radical (unpaired) electrons. The maximum atomic E-state index is 12.3. The second-order valence-electron chi connectivity index (χ2n) is 6.48. The first kappa shape index (κ1) is 19.8. The highest BCUT2D eigenvalue weighted by Crippen LogP contribution is 2.15. The van der Waals surface area contributed by atoms with E-state index in [-0.39, 0.29) is 23.9 Å². The number of aromatic amines is 1. The van der Waals surface area contributed by atoms with E-state index in [9.17, 15) is 19.2 Å². The number of hydrogen-bond acceptors (Lipinski definition) is 6. The molecule has 3 rings (SSSR count). The highest BCUT2D eigenvalue weighted by Gasteiger charge is 2.22. The number of H-pyrrole nitrogens is 1. The Balaban J connectivity index is 1.44. The molecule has 1 aliphatic rings. The summed E-state index contributed by atoms with van der Waals surface area (Å²) >= 11 is 1.32. The van der Waals surface area contributed by atoms with E-state index in [0.717, 1.165) is 30.8 Å². The molecule has 0 unspecified atom stereocenters.